The summed E-state index contributed by atoms with van der Waals surface area (Å²) in [6.07, 6.45) is 2.61. The number of carboxylic acids is 1. The highest BCUT2D eigenvalue weighted by molar-refractivity contribution is 7.90. The van der Waals surface area contributed by atoms with E-state index in [0.717, 1.165) is 6.08 Å². The van der Waals surface area contributed by atoms with E-state index in [0.29, 0.717) is 0 Å². The zero-order valence-electron chi connectivity index (χ0n) is 7.75. The minimum absolute atomic E-state index is 0.0576. The molecule has 0 aromatic heterocycles. The van der Waals surface area contributed by atoms with E-state index in [9.17, 15) is 13.2 Å². The van der Waals surface area contributed by atoms with Gasteiger partial charge in [-0.15, -0.1) is 0 Å². The van der Waals surface area contributed by atoms with Gasteiger partial charge in [-0.05, 0) is 18.1 Å². The molecule has 0 saturated carbocycles. The first kappa shape index (κ1) is 11.9. The lowest BCUT2D eigenvalue weighted by atomic mass is 9.97. The lowest BCUT2D eigenvalue weighted by molar-refractivity contribution is -0.139. The van der Waals surface area contributed by atoms with Gasteiger partial charge in [-0.2, -0.15) is 8.42 Å². The second-order valence-electron chi connectivity index (χ2n) is 3.12. The third kappa shape index (κ3) is 2.65. The number of rotatable bonds is 3. The van der Waals surface area contributed by atoms with Gasteiger partial charge in [0.25, 0.3) is 10.1 Å². The van der Waals surface area contributed by atoms with Crippen molar-refractivity contribution in [2.24, 2.45) is 11.7 Å². The largest absolute Gasteiger partial charge is 0.481 e. The van der Waals surface area contributed by atoms with Crippen molar-refractivity contribution < 1.29 is 22.9 Å². The van der Waals surface area contributed by atoms with Gasteiger partial charge < -0.3 is 10.8 Å². The molecule has 0 amide bonds. The van der Waals surface area contributed by atoms with Crippen molar-refractivity contribution in [3.8, 4) is 0 Å². The SMILES string of the molecule is NCC1=CCC(C(=O)O)C=C1S(=O)(=O)O. The fourth-order valence-electron chi connectivity index (χ4n) is 1.34. The summed E-state index contributed by atoms with van der Waals surface area (Å²) in [6, 6.07) is 0. The summed E-state index contributed by atoms with van der Waals surface area (Å²) in [4.78, 5) is 10.2. The van der Waals surface area contributed by atoms with E-state index in [2.05, 4.69) is 0 Å². The fraction of sp³-hybridized carbons (Fsp3) is 0.375. The molecule has 0 bridgehead atoms. The first-order chi connectivity index (χ1) is 6.86. The quantitative estimate of drug-likeness (QED) is 0.578. The van der Waals surface area contributed by atoms with Gasteiger partial charge in [0.2, 0.25) is 0 Å². The van der Waals surface area contributed by atoms with E-state index in [4.69, 9.17) is 15.4 Å². The van der Waals surface area contributed by atoms with Crippen LogP contribution in [0, 0.1) is 5.92 Å². The molecule has 0 spiro atoms. The number of allylic oxidation sites excluding steroid dienone is 1. The zero-order chi connectivity index (χ0) is 11.6. The number of aliphatic carboxylic acids is 1. The van der Waals surface area contributed by atoms with E-state index < -0.39 is 26.9 Å². The van der Waals surface area contributed by atoms with Crippen molar-refractivity contribution in [3.63, 3.8) is 0 Å². The molecule has 7 heteroatoms. The van der Waals surface area contributed by atoms with Crippen LogP contribution in [0.2, 0.25) is 0 Å². The first-order valence-corrected chi connectivity index (χ1v) is 5.62. The molecular formula is C8H11NO5S. The average Bonchev–Trinajstić information content (AvgIpc) is 2.15. The monoisotopic (exact) mass is 233 g/mol. The van der Waals surface area contributed by atoms with Crippen molar-refractivity contribution in [1.29, 1.82) is 0 Å². The molecule has 1 unspecified atom stereocenters. The molecule has 1 atom stereocenters. The van der Waals surface area contributed by atoms with Gasteiger partial charge >= 0.3 is 5.97 Å². The Morgan fingerprint density at radius 1 is 1.60 bits per heavy atom. The molecule has 0 fully saturated rings. The molecule has 1 rings (SSSR count). The second-order valence-corrected chi connectivity index (χ2v) is 4.51. The lowest BCUT2D eigenvalue weighted by Gasteiger charge is -2.16. The van der Waals surface area contributed by atoms with E-state index in [1.54, 1.807) is 0 Å². The summed E-state index contributed by atoms with van der Waals surface area (Å²) in [6.45, 7) is -0.0576. The Morgan fingerprint density at radius 3 is 2.60 bits per heavy atom. The number of hydrogen-bond donors (Lipinski definition) is 3. The number of carbonyl (C=O) groups is 1. The molecule has 1 aliphatic rings. The van der Waals surface area contributed by atoms with E-state index >= 15 is 0 Å². The smallest absolute Gasteiger partial charge is 0.310 e. The molecule has 15 heavy (non-hydrogen) atoms. The molecule has 6 nitrogen and oxygen atoms in total. The van der Waals surface area contributed by atoms with Gasteiger partial charge in [-0.1, -0.05) is 6.08 Å². The maximum absolute atomic E-state index is 10.9. The van der Waals surface area contributed by atoms with Crippen LogP contribution in [-0.2, 0) is 14.9 Å². The van der Waals surface area contributed by atoms with Crippen molar-refractivity contribution in [2.75, 3.05) is 6.54 Å². The topological polar surface area (TPSA) is 118 Å². The third-order valence-corrected chi connectivity index (χ3v) is 3.06. The summed E-state index contributed by atoms with van der Waals surface area (Å²) >= 11 is 0. The van der Waals surface area contributed by atoms with Crippen molar-refractivity contribution >= 4 is 16.1 Å². The minimum atomic E-state index is -4.40. The molecule has 0 aromatic rings. The molecular weight excluding hydrogens is 222 g/mol. The normalized spacial score (nSPS) is 21.9. The van der Waals surface area contributed by atoms with Crippen molar-refractivity contribution in [2.45, 2.75) is 6.42 Å². The third-order valence-electron chi connectivity index (χ3n) is 2.10. The minimum Gasteiger partial charge on any atom is -0.481 e. The van der Waals surface area contributed by atoms with Gasteiger partial charge in [-0.3, -0.25) is 9.35 Å². The summed E-state index contributed by atoms with van der Waals surface area (Å²) in [5, 5.41) is 8.70. The van der Waals surface area contributed by atoms with Crippen molar-refractivity contribution in [3.05, 3.63) is 22.6 Å². The van der Waals surface area contributed by atoms with Gasteiger partial charge in [0.05, 0.1) is 10.8 Å². The van der Waals surface area contributed by atoms with Crippen LogP contribution in [0.4, 0.5) is 0 Å². The Labute approximate surface area is 86.8 Å². The highest BCUT2D eigenvalue weighted by atomic mass is 32.2. The summed E-state index contributed by atoms with van der Waals surface area (Å²) < 4.78 is 30.7. The van der Waals surface area contributed by atoms with E-state index in [1.807, 2.05) is 0 Å². The molecule has 0 aliphatic heterocycles. The Bertz CT molecular complexity index is 434. The maximum Gasteiger partial charge on any atom is 0.310 e. The average molecular weight is 233 g/mol. The zero-order valence-corrected chi connectivity index (χ0v) is 8.57. The summed E-state index contributed by atoms with van der Waals surface area (Å²) in [5.41, 5.74) is 5.53. The highest BCUT2D eigenvalue weighted by Crippen LogP contribution is 2.25. The van der Waals surface area contributed by atoms with Gasteiger partial charge in [0.15, 0.2) is 0 Å². The standard InChI is InChI=1S/C8H11NO5S/c9-4-6-2-1-5(8(10)11)3-7(6)15(12,13)14/h2-3,5H,1,4,9H2,(H,10,11)(H,12,13,14). The van der Waals surface area contributed by atoms with Crippen LogP contribution in [0.5, 0.6) is 0 Å². The fourth-order valence-corrected chi connectivity index (χ4v) is 2.17. The Kier molecular flexibility index (Phi) is 3.28. The van der Waals surface area contributed by atoms with Gasteiger partial charge in [0.1, 0.15) is 0 Å². The number of hydrogen-bond acceptors (Lipinski definition) is 4. The van der Waals surface area contributed by atoms with Crippen LogP contribution in [-0.4, -0.2) is 30.6 Å². The van der Waals surface area contributed by atoms with Crippen LogP contribution in [0.1, 0.15) is 6.42 Å². The van der Waals surface area contributed by atoms with Crippen LogP contribution < -0.4 is 5.73 Å². The number of nitrogens with two attached hydrogens (primary N) is 1. The molecule has 4 N–H and O–H groups in total. The molecule has 0 radical (unpaired) electrons. The lowest BCUT2D eigenvalue weighted by Crippen LogP contribution is -2.20. The Balaban J connectivity index is 3.15. The molecule has 1 aliphatic carbocycles. The molecule has 0 heterocycles. The second kappa shape index (κ2) is 4.13. The molecule has 0 aromatic carbocycles. The molecule has 84 valence electrons. The van der Waals surface area contributed by atoms with Gasteiger partial charge in [0, 0.05) is 6.54 Å². The highest BCUT2D eigenvalue weighted by Gasteiger charge is 2.26. The van der Waals surface area contributed by atoms with Crippen LogP contribution in [0.3, 0.4) is 0 Å². The molecule has 0 saturated heterocycles. The number of carboxylic acid groups (broad SMARTS) is 1. The van der Waals surface area contributed by atoms with E-state index in [1.165, 1.54) is 6.08 Å². The van der Waals surface area contributed by atoms with E-state index in [-0.39, 0.29) is 18.5 Å². The predicted molar refractivity (Wildman–Crippen MR) is 52.5 cm³/mol. The maximum atomic E-state index is 10.9. The predicted octanol–water partition coefficient (Wildman–Crippen LogP) is -0.252. The Hall–Kier alpha value is -1.18. The Morgan fingerprint density at radius 2 is 2.20 bits per heavy atom. The van der Waals surface area contributed by atoms with Crippen molar-refractivity contribution in [1.82, 2.24) is 0 Å². The van der Waals surface area contributed by atoms with Crippen LogP contribution >= 0.6 is 0 Å². The first-order valence-electron chi connectivity index (χ1n) is 4.18. The summed E-state index contributed by atoms with van der Waals surface area (Å²) in [7, 11) is -4.40. The van der Waals surface area contributed by atoms with Crippen LogP contribution in [0.15, 0.2) is 22.6 Å². The van der Waals surface area contributed by atoms with Crippen LogP contribution in [0.25, 0.3) is 0 Å². The summed E-state index contributed by atoms with van der Waals surface area (Å²) in [5.74, 6) is -2.07. The van der Waals surface area contributed by atoms with Gasteiger partial charge in [-0.25, -0.2) is 0 Å².